The molecule has 0 fully saturated rings. The summed E-state index contributed by atoms with van der Waals surface area (Å²) in [7, 11) is 0. The van der Waals surface area contributed by atoms with Crippen molar-refractivity contribution < 1.29 is 13.2 Å². The summed E-state index contributed by atoms with van der Waals surface area (Å²) >= 11 is 3.30. The van der Waals surface area contributed by atoms with Crippen LogP contribution in [0.2, 0.25) is 0 Å². The number of rotatable bonds is 4. The van der Waals surface area contributed by atoms with Crippen LogP contribution in [-0.4, -0.2) is 16.5 Å². The molecule has 1 heterocycles. The molecule has 21 heavy (non-hydrogen) atoms. The van der Waals surface area contributed by atoms with Crippen molar-refractivity contribution in [2.24, 2.45) is 0 Å². The second kappa shape index (κ2) is 6.43. The Bertz CT molecular complexity index is 629. The van der Waals surface area contributed by atoms with E-state index in [-0.39, 0.29) is 11.5 Å². The van der Waals surface area contributed by atoms with Crippen molar-refractivity contribution in [3.8, 4) is 11.3 Å². The minimum Gasteiger partial charge on any atom is -0.370 e. The molecule has 0 aliphatic heterocycles. The Morgan fingerprint density at radius 2 is 1.95 bits per heavy atom. The highest BCUT2D eigenvalue weighted by Crippen LogP contribution is 2.30. The van der Waals surface area contributed by atoms with Crippen LogP contribution < -0.4 is 5.32 Å². The van der Waals surface area contributed by atoms with Gasteiger partial charge in [0.1, 0.15) is 5.82 Å². The van der Waals surface area contributed by atoms with Crippen LogP contribution in [0.15, 0.2) is 34.8 Å². The van der Waals surface area contributed by atoms with Gasteiger partial charge in [0.2, 0.25) is 5.82 Å². The molecule has 0 unspecified atom stereocenters. The molecule has 112 valence electrons. The Morgan fingerprint density at radius 1 is 1.19 bits per heavy atom. The van der Waals surface area contributed by atoms with Crippen molar-refractivity contribution in [1.82, 2.24) is 9.97 Å². The lowest BCUT2D eigenvalue weighted by atomic mass is 10.1. The molecule has 1 aromatic carbocycles. The maximum absolute atomic E-state index is 12.9. The Hall–Kier alpha value is -1.63. The molecule has 2 aromatic rings. The number of alkyl halides is 3. The minimum absolute atomic E-state index is 0.175. The van der Waals surface area contributed by atoms with Crippen molar-refractivity contribution in [3.05, 3.63) is 40.6 Å². The molecule has 0 aliphatic carbocycles. The number of halogens is 4. The van der Waals surface area contributed by atoms with Crippen LogP contribution in [0.25, 0.3) is 11.3 Å². The number of benzene rings is 1. The summed E-state index contributed by atoms with van der Waals surface area (Å²) < 4.78 is 39.5. The zero-order valence-electron chi connectivity index (χ0n) is 11.2. The molecule has 1 aromatic heterocycles. The number of nitrogens with one attached hydrogen (secondary N) is 1. The highest BCUT2D eigenvalue weighted by atomic mass is 79.9. The molecule has 0 radical (unpaired) electrons. The Kier molecular flexibility index (Phi) is 4.82. The highest BCUT2D eigenvalue weighted by molar-refractivity contribution is 9.10. The summed E-state index contributed by atoms with van der Waals surface area (Å²) in [4.78, 5) is 7.16. The number of hydrogen-bond acceptors (Lipinski definition) is 3. The third kappa shape index (κ3) is 4.17. The lowest BCUT2D eigenvalue weighted by Crippen LogP contribution is -2.14. The van der Waals surface area contributed by atoms with E-state index in [9.17, 15) is 13.2 Å². The zero-order chi connectivity index (χ0) is 15.5. The molecule has 0 amide bonds. The third-order valence-electron chi connectivity index (χ3n) is 2.66. The number of nitrogens with zero attached hydrogens (tertiary/aromatic N) is 2. The summed E-state index contributed by atoms with van der Waals surface area (Å²) in [6.45, 7) is 2.47. The zero-order valence-corrected chi connectivity index (χ0v) is 12.8. The van der Waals surface area contributed by atoms with Gasteiger partial charge in [0.15, 0.2) is 0 Å². The molecule has 0 bridgehead atoms. The first kappa shape index (κ1) is 15.8. The monoisotopic (exact) mass is 359 g/mol. The van der Waals surface area contributed by atoms with Crippen molar-refractivity contribution in [3.63, 3.8) is 0 Å². The van der Waals surface area contributed by atoms with Gasteiger partial charge in [-0.25, -0.2) is 9.97 Å². The Labute approximate surface area is 128 Å². The predicted octanol–water partition coefficient (Wildman–Crippen LogP) is 4.75. The second-order valence-corrected chi connectivity index (χ2v) is 5.31. The van der Waals surface area contributed by atoms with Gasteiger partial charge in [-0.05, 0) is 18.6 Å². The quantitative estimate of drug-likeness (QED) is 0.855. The first-order valence-electron chi connectivity index (χ1n) is 6.36. The average Bonchev–Trinajstić information content (AvgIpc) is 2.44. The molecule has 0 saturated heterocycles. The molecular formula is C14H13BrF3N3. The van der Waals surface area contributed by atoms with E-state index in [4.69, 9.17) is 0 Å². The molecule has 0 aliphatic rings. The fraction of sp³-hybridized carbons (Fsp3) is 0.286. The second-order valence-electron chi connectivity index (χ2n) is 4.40. The van der Waals surface area contributed by atoms with Crippen LogP contribution in [0.1, 0.15) is 19.2 Å². The predicted molar refractivity (Wildman–Crippen MR) is 79.0 cm³/mol. The van der Waals surface area contributed by atoms with Crippen LogP contribution in [0, 0.1) is 0 Å². The number of anilines is 1. The summed E-state index contributed by atoms with van der Waals surface area (Å²) in [6, 6.07) is 8.48. The summed E-state index contributed by atoms with van der Waals surface area (Å²) in [5.74, 6) is -0.965. The van der Waals surface area contributed by atoms with Gasteiger partial charge in [0.05, 0.1) is 5.69 Å². The average molecular weight is 360 g/mol. The molecule has 0 atom stereocenters. The lowest BCUT2D eigenvalue weighted by molar-refractivity contribution is -0.144. The van der Waals surface area contributed by atoms with E-state index in [0.717, 1.165) is 10.9 Å². The maximum Gasteiger partial charge on any atom is 0.451 e. The normalized spacial score (nSPS) is 11.5. The van der Waals surface area contributed by atoms with Gasteiger partial charge >= 0.3 is 6.18 Å². The van der Waals surface area contributed by atoms with Crippen LogP contribution in [0.4, 0.5) is 19.0 Å². The molecule has 1 N–H and O–H groups in total. The van der Waals surface area contributed by atoms with Crippen LogP contribution >= 0.6 is 15.9 Å². The Morgan fingerprint density at radius 3 is 2.57 bits per heavy atom. The van der Waals surface area contributed by atoms with Gasteiger partial charge < -0.3 is 5.32 Å². The van der Waals surface area contributed by atoms with E-state index in [1.807, 2.05) is 6.92 Å². The molecule has 2 rings (SSSR count). The van der Waals surface area contributed by atoms with Gasteiger partial charge in [-0.2, -0.15) is 13.2 Å². The van der Waals surface area contributed by atoms with Crippen molar-refractivity contribution in [1.29, 1.82) is 0 Å². The molecule has 7 heteroatoms. The van der Waals surface area contributed by atoms with Gasteiger partial charge in [-0.3, -0.25) is 0 Å². The van der Waals surface area contributed by atoms with E-state index in [2.05, 4.69) is 31.2 Å². The summed E-state index contributed by atoms with van der Waals surface area (Å²) in [6.07, 6.45) is -3.79. The minimum atomic E-state index is -4.58. The van der Waals surface area contributed by atoms with E-state index in [1.54, 1.807) is 24.3 Å². The van der Waals surface area contributed by atoms with Gasteiger partial charge in [-0.15, -0.1) is 0 Å². The SMILES string of the molecule is CCCNc1cc(-c2cccc(Br)c2)nc(C(F)(F)F)n1. The third-order valence-corrected chi connectivity index (χ3v) is 3.15. The molecule has 0 saturated carbocycles. The van der Waals surface area contributed by atoms with Gasteiger partial charge in [-0.1, -0.05) is 35.0 Å². The van der Waals surface area contributed by atoms with Crippen molar-refractivity contribution in [2.75, 3.05) is 11.9 Å². The highest BCUT2D eigenvalue weighted by Gasteiger charge is 2.35. The standard InChI is InChI=1S/C14H13BrF3N3/c1-2-6-19-12-8-11(9-4-3-5-10(15)7-9)20-13(21-12)14(16,17)18/h3-5,7-8H,2,6H2,1H3,(H,19,20,21). The molecule has 0 spiro atoms. The smallest absolute Gasteiger partial charge is 0.370 e. The molecule has 3 nitrogen and oxygen atoms in total. The maximum atomic E-state index is 12.9. The fourth-order valence-corrected chi connectivity index (χ4v) is 2.11. The van der Waals surface area contributed by atoms with Gasteiger partial charge in [0, 0.05) is 22.6 Å². The topological polar surface area (TPSA) is 37.8 Å². The van der Waals surface area contributed by atoms with Crippen LogP contribution in [0.3, 0.4) is 0 Å². The van der Waals surface area contributed by atoms with E-state index in [0.29, 0.717) is 12.1 Å². The fourth-order valence-electron chi connectivity index (χ4n) is 1.71. The van der Waals surface area contributed by atoms with Gasteiger partial charge in [0.25, 0.3) is 0 Å². The van der Waals surface area contributed by atoms with Crippen molar-refractivity contribution >= 4 is 21.7 Å². The van der Waals surface area contributed by atoms with Crippen LogP contribution in [0.5, 0.6) is 0 Å². The first-order valence-corrected chi connectivity index (χ1v) is 7.15. The van der Waals surface area contributed by atoms with E-state index >= 15 is 0 Å². The van der Waals surface area contributed by atoms with Crippen molar-refractivity contribution in [2.45, 2.75) is 19.5 Å². The summed E-state index contributed by atoms with van der Waals surface area (Å²) in [5.41, 5.74) is 0.828. The first-order chi connectivity index (χ1) is 9.90. The number of hydrogen-bond donors (Lipinski definition) is 1. The number of aromatic nitrogens is 2. The largest absolute Gasteiger partial charge is 0.451 e. The summed E-state index contributed by atoms with van der Waals surface area (Å²) in [5, 5.41) is 2.87. The molecular weight excluding hydrogens is 347 g/mol. The van der Waals surface area contributed by atoms with E-state index in [1.165, 1.54) is 6.07 Å². The Balaban J connectivity index is 2.49. The van der Waals surface area contributed by atoms with E-state index < -0.39 is 12.0 Å². The lowest BCUT2D eigenvalue weighted by Gasteiger charge is -2.11. The van der Waals surface area contributed by atoms with Crippen LogP contribution in [-0.2, 0) is 6.18 Å².